The average molecular weight is 428 g/mol. The van der Waals surface area contributed by atoms with E-state index in [4.69, 9.17) is 0 Å². The van der Waals surface area contributed by atoms with Gasteiger partial charge in [-0.1, -0.05) is 48.0 Å². The number of nitrogens with zero attached hydrogens (tertiary/aromatic N) is 2. The fourth-order valence-electron chi connectivity index (χ4n) is 5.03. The SMILES string of the molecule is Cc1ccc(S(=O)(=O)N2C(=O)NC[C@]23CC[C@](c2ccccc2)(N(C)C)CC3)cc1. The first-order valence-corrected chi connectivity index (χ1v) is 11.8. The third kappa shape index (κ3) is 3.20. The summed E-state index contributed by atoms with van der Waals surface area (Å²) in [6.45, 7) is 2.27. The second-order valence-electron chi connectivity index (χ2n) is 8.76. The Bertz CT molecular complexity index is 1030. The van der Waals surface area contributed by atoms with Gasteiger partial charge in [-0.3, -0.25) is 4.90 Å². The van der Waals surface area contributed by atoms with Crippen molar-refractivity contribution < 1.29 is 13.2 Å². The van der Waals surface area contributed by atoms with Crippen molar-refractivity contribution in [2.75, 3.05) is 20.6 Å². The molecule has 1 spiro atoms. The molecule has 4 rings (SSSR count). The number of carbonyl (C=O) groups is 1. The molecule has 0 bridgehead atoms. The van der Waals surface area contributed by atoms with E-state index in [1.807, 2.05) is 25.1 Å². The summed E-state index contributed by atoms with van der Waals surface area (Å²) < 4.78 is 28.0. The number of urea groups is 1. The summed E-state index contributed by atoms with van der Waals surface area (Å²) in [7, 11) is 0.219. The molecule has 1 N–H and O–H groups in total. The number of nitrogens with one attached hydrogen (secondary N) is 1. The van der Waals surface area contributed by atoms with Crippen molar-refractivity contribution in [3.8, 4) is 0 Å². The van der Waals surface area contributed by atoms with Crippen molar-refractivity contribution in [2.45, 2.75) is 48.6 Å². The van der Waals surface area contributed by atoms with E-state index >= 15 is 0 Å². The van der Waals surface area contributed by atoms with E-state index in [1.165, 1.54) is 5.56 Å². The van der Waals surface area contributed by atoms with Crippen LogP contribution in [0, 0.1) is 6.92 Å². The van der Waals surface area contributed by atoms with Crippen LogP contribution in [-0.4, -0.2) is 49.8 Å². The molecule has 1 aliphatic heterocycles. The van der Waals surface area contributed by atoms with Crippen molar-refractivity contribution in [1.29, 1.82) is 0 Å². The second kappa shape index (κ2) is 7.39. The van der Waals surface area contributed by atoms with Crippen LogP contribution in [0.5, 0.6) is 0 Å². The first kappa shape index (κ1) is 20.9. The van der Waals surface area contributed by atoms with E-state index in [1.54, 1.807) is 24.3 Å². The fraction of sp³-hybridized carbons (Fsp3) is 0.435. The Kier molecular flexibility index (Phi) is 5.14. The zero-order valence-corrected chi connectivity index (χ0v) is 18.6. The molecule has 0 radical (unpaired) electrons. The number of carbonyl (C=O) groups excluding carboxylic acids is 1. The molecule has 1 aliphatic carbocycles. The minimum atomic E-state index is -3.93. The maximum Gasteiger partial charge on any atom is 0.332 e. The highest BCUT2D eigenvalue weighted by molar-refractivity contribution is 7.89. The van der Waals surface area contributed by atoms with Crippen molar-refractivity contribution >= 4 is 16.1 Å². The Labute approximate surface area is 178 Å². The number of hydrogen-bond acceptors (Lipinski definition) is 4. The van der Waals surface area contributed by atoms with E-state index in [9.17, 15) is 13.2 Å². The molecule has 160 valence electrons. The quantitative estimate of drug-likeness (QED) is 0.811. The highest BCUT2D eigenvalue weighted by atomic mass is 32.2. The zero-order chi connectivity index (χ0) is 21.6. The summed E-state index contributed by atoms with van der Waals surface area (Å²) in [4.78, 5) is 15.1. The Balaban J connectivity index is 1.68. The van der Waals surface area contributed by atoms with Crippen molar-refractivity contribution in [3.63, 3.8) is 0 Å². The fourth-order valence-corrected chi connectivity index (χ4v) is 6.76. The van der Waals surface area contributed by atoms with Gasteiger partial charge in [0.05, 0.1) is 10.4 Å². The molecule has 0 unspecified atom stereocenters. The molecule has 2 fully saturated rings. The molecule has 1 saturated heterocycles. The predicted molar refractivity (Wildman–Crippen MR) is 117 cm³/mol. The minimum absolute atomic E-state index is 0.164. The smallest absolute Gasteiger partial charge is 0.332 e. The molecule has 6 nitrogen and oxygen atoms in total. The number of rotatable bonds is 4. The van der Waals surface area contributed by atoms with Crippen LogP contribution in [0.1, 0.15) is 36.8 Å². The van der Waals surface area contributed by atoms with Gasteiger partial charge in [0.25, 0.3) is 10.0 Å². The van der Waals surface area contributed by atoms with Crippen LogP contribution in [0.2, 0.25) is 0 Å². The van der Waals surface area contributed by atoms with Gasteiger partial charge in [-0.15, -0.1) is 0 Å². The van der Waals surface area contributed by atoms with Crippen LogP contribution in [0.25, 0.3) is 0 Å². The highest BCUT2D eigenvalue weighted by Gasteiger charge is 2.56. The summed E-state index contributed by atoms with van der Waals surface area (Å²) in [5, 5.41) is 2.81. The van der Waals surface area contributed by atoms with Crippen LogP contribution in [0.15, 0.2) is 59.5 Å². The Hall–Kier alpha value is -2.38. The van der Waals surface area contributed by atoms with Crippen LogP contribution in [-0.2, 0) is 15.6 Å². The molecule has 2 aromatic rings. The topological polar surface area (TPSA) is 69.7 Å². The molecule has 2 amide bonds. The van der Waals surface area contributed by atoms with Gasteiger partial charge in [-0.25, -0.2) is 17.5 Å². The monoisotopic (exact) mass is 427 g/mol. The first-order chi connectivity index (χ1) is 14.2. The summed E-state index contributed by atoms with van der Waals surface area (Å²) >= 11 is 0. The lowest BCUT2D eigenvalue weighted by molar-refractivity contribution is 0.0471. The molecule has 0 aromatic heterocycles. The molecular weight excluding hydrogens is 398 g/mol. The Morgan fingerprint density at radius 3 is 2.10 bits per heavy atom. The van der Waals surface area contributed by atoms with E-state index in [0.717, 1.165) is 22.7 Å². The number of hydrogen-bond donors (Lipinski definition) is 1. The van der Waals surface area contributed by atoms with Crippen molar-refractivity contribution in [1.82, 2.24) is 14.5 Å². The van der Waals surface area contributed by atoms with Gasteiger partial charge in [0.2, 0.25) is 0 Å². The maximum absolute atomic E-state index is 13.4. The molecule has 7 heteroatoms. The zero-order valence-electron chi connectivity index (χ0n) is 17.8. The largest absolute Gasteiger partial charge is 0.335 e. The van der Waals surface area contributed by atoms with E-state index in [0.29, 0.717) is 19.4 Å². The van der Waals surface area contributed by atoms with Crippen molar-refractivity contribution in [2.24, 2.45) is 0 Å². The highest BCUT2D eigenvalue weighted by Crippen LogP contribution is 2.48. The van der Waals surface area contributed by atoms with Gasteiger partial charge >= 0.3 is 6.03 Å². The van der Waals surface area contributed by atoms with Gasteiger partial charge in [-0.05, 0) is 64.4 Å². The van der Waals surface area contributed by atoms with Crippen molar-refractivity contribution in [3.05, 3.63) is 65.7 Å². The molecule has 2 aliphatic rings. The molecular formula is C23H29N3O3S. The number of aryl methyl sites for hydroxylation is 1. The number of amides is 2. The lowest BCUT2D eigenvalue weighted by atomic mass is 9.69. The average Bonchev–Trinajstić information content (AvgIpc) is 3.06. The van der Waals surface area contributed by atoms with Crippen LogP contribution >= 0.6 is 0 Å². The van der Waals surface area contributed by atoms with Crippen LogP contribution in [0.3, 0.4) is 0 Å². The minimum Gasteiger partial charge on any atom is -0.335 e. The number of benzene rings is 2. The third-order valence-corrected chi connectivity index (χ3v) is 8.82. The van der Waals surface area contributed by atoms with Gasteiger partial charge < -0.3 is 5.32 Å². The summed E-state index contributed by atoms with van der Waals surface area (Å²) in [6.07, 6.45) is 2.78. The van der Waals surface area contributed by atoms with Gasteiger partial charge in [0.15, 0.2) is 0 Å². The van der Waals surface area contributed by atoms with Gasteiger partial charge in [0.1, 0.15) is 0 Å². The second-order valence-corrected chi connectivity index (χ2v) is 10.5. The number of sulfonamides is 1. The lowest BCUT2D eigenvalue weighted by Gasteiger charge is -2.50. The van der Waals surface area contributed by atoms with Gasteiger partial charge in [-0.2, -0.15) is 0 Å². The normalized spacial score (nSPS) is 26.9. The van der Waals surface area contributed by atoms with Gasteiger partial charge in [0, 0.05) is 12.1 Å². The van der Waals surface area contributed by atoms with E-state index < -0.39 is 21.6 Å². The molecule has 30 heavy (non-hydrogen) atoms. The predicted octanol–water partition coefficient (Wildman–Crippen LogP) is 3.48. The van der Waals surface area contributed by atoms with Crippen LogP contribution in [0.4, 0.5) is 4.79 Å². The Morgan fingerprint density at radius 2 is 1.53 bits per heavy atom. The molecule has 1 saturated carbocycles. The Morgan fingerprint density at radius 1 is 0.933 bits per heavy atom. The van der Waals surface area contributed by atoms with E-state index in [-0.39, 0.29) is 10.4 Å². The third-order valence-electron chi connectivity index (χ3n) is 6.92. The molecule has 0 atom stereocenters. The summed E-state index contributed by atoms with van der Waals surface area (Å²) in [5.74, 6) is 0. The molecule has 2 aromatic carbocycles. The lowest BCUT2D eigenvalue weighted by Crippen LogP contribution is -2.56. The summed E-state index contributed by atoms with van der Waals surface area (Å²) in [5.41, 5.74) is 1.31. The first-order valence-electron chi connectivity index (χ1n) is 10.3. The van der Waals surface area contributed by atoms with E-state index in [2.05, 4.69) is 36.4 Å². The summed E-state index contributed by atoms with van der Waals surface area (Å²) in [6, 6.07) is 16.5. The maximum atomic E-state index is 13.4. The van der Waals surface area contributed by atoms with Crippen LogP contribution < -0.4 is 5.32 Å². The molecule has 1 heterocycles. The standard InChI is InChI=1S/C23H29N3O3S/c1-18-9-11-20(12-10-18)30(28,29)26-21(27)24-17-22(26)13-15-23(16-14-22,25(2)3)19-7-5-4-6-8-19/h4-12H,13-17H2,1-3H3,(H,24,27)/t22-,23+.